The summed E-state index contributed by atoms with van der Waals surface area (Å²) in [7, 11) is 0. The lowest BCUT2D eigenvalue weighted by atomic mass is 10.3. The van der Waals surface area contributed by atoms with Gasteiger partial charge in [-0.15, -0.1) is 11.3 Å². The average molecular weight is 296 g/mol. The maximum absolute atomic E-state index is 8.65. The minimum absolute atomic E-state index is 0.121. The fourth-order valence-electron chi connectivity index (χ4n) is 1.21. The maximum atomic E-state index is 8.65. The van der Waals surface area contributed by atoms with Crippen LogP contribution in [0.1, 0.15) is 22.7 Å². The first-order valence-corrected chi connectivity index (χ1v) is 8.02. The third kappa shape index (κ3) is 4.10. The van der Waals surface area contributed by atoms with Crippen molar-refractivity contribution in [3.63, 3.8) is 0 Å². The molecule has 0 amide bonds. The van der Waals surface area contributed by atoms with E-state index in [0.717, 1.165) is 21.5 Å². The first-order valence-electron chi connectivity index (χ1n) is 5.38. The molecule has 18 heavy (non-hydrogen) atoms. The highest BCUT2D eigenvalue weighted by Crippen LogP contribution is 2.27. The molecule has 0 radical (unpaired) electrons. The van der Waals surface area contributed by atoms with Gasteiger partial charge in [-0.3, -0.25) is 0 Å². The molecule has 0 aliphatic carbocycles. The molecule has 0 saturated carbocycles. The zero-order chi connectivity index (χ0) is 12.8. The Labute approximate surface area is 118 Å². The number of hydrogen-bond acceptors (Lipinski definition) is 6. The van der Waals surface area contributed by atoms with Gasteiger partial charge >= 0.3 is 0 Å². The molecule has 6 heteroatoms. The summed E-state index contributed by atoms with van der Waals surface area (Å²) in [5.74, 6) is 7.70. The Kier molecular flexibility index (Phi) is 5.20. The van der Waals surface area contributed by atoms with Crippen molar-refractivity contribution in [3.8, 4) is 11.8 Å². The van der Waals surface area contributed by atoms with Crippen molar-refractivity contribution in [2.24, 2.45) is 0 Å². The largest absolute Gasteiger partial charge is 0.395 e. The maximum Gasteiger partial charge on any atom is 0.170 e. The molecule has 0 spiro atoms. The van der Waals surface area contributed by atoms with E-state index in [-0.39, 0.29) is 6.61 Å². The van der Waals surface area contributed by atoms with E-state index in [0.29, 0.717) is 6.42 Å². The number of nitrogens with zero attached hydrogens (tertiary/aromatic N) is 2. The van der Waals surface area contributed by atoms with Gasteiger partial charge in [-0.1, -0.05) is 23.6 Å². The molecule has 0 aromatic carbocycles. The summed E-state index contributed by atoms with van der Waals surface area (Å²) in [6.07, 6.45) is 0.532. The Morgan fingerprint density at radius 3 is 3.11 bits per heavy atom. The van der Waals surface area contributed by atoms with Crippen LogP contribution in [0.2, 0.25) is 0 Å². The molecule has 2 rings (SSSR count). The van der Waals surface area contributed by atoms with E-state index in [9.17, 15) is 0 Å². The third-order valence-electron chi connectivity index (χ3n) is 1.97. The second-order valence-electron chi connectivity index (χ2n) is 3.47. The van der Waals surface area contributed by atoms with Gasteiger partial charge in [0.15, 0.2) is 4.34 Å². The van der Waals surface area contributed by atoms with E-state index in [1.807, 2.05) is 12.3 Å². The first kappa shape index (κ1) is 13.6. The van der Waals surface area contributed by atoms with Gasteiger partial charge in [0.05, 0.1) is 6.61 Å². The molecule has 1 N–H and O–H groups in total. The summed E-state index contributed by atoms with van der Waals surface area (Å²) in [5.41, 5.74) is 1.03. The number of aromatic nitrogens is 2. The fraction of sp³-hybridized carbons (Fsp3) is 0.333. The van der Waals surface area contributed by atoms with Crippen LogP contribution < -0.4 is 0 Å². The standard InChI is InChI=1S/C12H12N2OS3/c1-9-13-12(18-14-9)17-8-11-6-10(7-16-11)4-2-3-5-15/h6-7,15H,3,5,8H2,1H3. The van der Waals surface area contributed by atoms with Crippen LogP contribution in [0.25, 0.3) is 0 Å². The lowest BCUT2D eigenvalue weighted by Gasteiger charge is -1.91. The summed E-state index contributed by atoms with van der Waals surface area (Å²) in [5, 5.41) is 10.7. The highest BCUT2D eigenvalue weighted by Gasteiger charge is 2.03. The van der Waals surface area contributed by atoms with Crippen molar-refractivity contribution < 1.29 is 5.11 Å². The van der Waals surface area contributed by atoms with Gasteiger partial charge in [0, 0.05) is 28.0 Å². The highest BCUT2D eigenvalue weighted by atomic mass is 32.2. The molecule has 2 aromatic rings. The molecule has 0 atom stereocenters. The van der Waals surface area contributed by atoms with E-state index in [2.05, 4.69) is 27.3 Å². The Bertz CT molecular complexity index is 565. The second-order valence-corrected chi connectivity index (χ2v) is 6.44. The van der Waals surface area contributed by atoms with Crippen molar-refractivity contribution in [3.05, 3.63) is 27.7 Å². The number of hydrogen-bond donors (Lipinski definition) is 1. The minimum atomic E-state index is 0.121. The smallest absolute Gasteiger partial charge is 0.170 e. The van der Waals surface area contributed by atoms with Crippen LogP contribution in [0, 0.1) is 18.8 Å². The van der Waals surface area contributed by atoms with Gasteiger partial charge in [0.2, 0.25) is 0 Å². The molecule has 2 aromatic heterocycles. The van der Waals surface area contributed by atoms with Crippen LogP contribution in [0.5, 0.6) is 0 Å². The van der Waals surface area contributed by atoms with Gasteiger partial charge in [0.25, 0.3) is 0 Å². The molecule has 2 heterocycles. The van der Waals surface area contributed by atoms with Crippen LogP contribution in [0.4, 0.5) is 0 Å². The number of aliphatic hydroxyl groups is 1. The topological polar surface area (TPSA) is 46.0 Å². The molecule has 0 unspecified atom stereocenters. The minimum Gasteiger partial charge on any atom is -0.395 e. The van der Waals surface area contributed by atoms with Crippen molar-refractivity contribution in [2.75, 3.05) is 6.61 Å². The predicted molar refractivity (Wildman–Crippen MR) is 77.1 cm³/mol. The van der Waals surface area contributed by atoms with Crippen molar-refractivity contribution >= 4 is 34.6 Å². The Morgan fingerprint density at radius 1 is 1.50 bits per heavy atom. The summed E-state index contributed by atoms with van der Waals surface area (Å²) in [6.45, 7) is 2.02. The monoisotopic (exact) mass is 296 g/mol. The summed E-state index contributed by atoms with van der Waals surface area (Å²) in [4.78, 5) is 5.59. The molecule has 3 nitrogen and oxygen atoms in total. The molecule has 0 saturated heterocycles. The Morgan fingerprint density at radius 2 is 2.39 bits per heavy atom. The van der Waals surface area contributed by atoms with Crippen LogP contribution in [0.15, 0.2) is 15.8 Å². The lowest BCUT2D eigenvalue weighted by Crippen LogP contribution is -1.76. The van der Waals surface area contributed by atoms with Crippen molar-refractivity contribution in [2.45, 2.75) is 23.4 Å². The summed E-state index contributed by atoms with van der Waals surface area (Å²) in [6, 6.07) is 2.09. The Balaban J connectivity index is 1.89. The highest BCUT2D eigenvalue weighted by molar-refractivity contribution is 8.00. The van der Waals surface area contributed by atoms with Crippen LogP contribution in [0.3, 0.4) is 0 Å². The SMILES string of the molecule is Cc1nsc(SCc2cc(C#CCCO)cs2)n1. The number of aryl methyl sites for hydroxylation is 1. The van der Waals surface area contributed by atoms with E-state index < -0.39 is 0 Å². The average Bonchev–Trinajstić information content (AvgIpc) is 2.96. The van der Waals surface area contributed by atoms with Crippen LogP contribution in [-0.2, 0) is 5.75 Å². The normalized spacial score (nSPS) is 10.1. The summed E-state index contributed by atoms with van der Waals surface area (Å²) < 4.78 is 5.16. The van der Waals surface area contributed by atoms with Gasteiger partial charge in [0.1, 0.15) is 5.82 Å². The molecule has 0 aliphatic rings. The van der Waals surface area contributed by atoms with Gasteiger partial charge in [-0.05, 0) is 24.5 Å². The summed E-state index contributed by atoms with van der Waals surface area (Å²) >= 11 is 4.85. The van der Waals surface area contributed by atoms with Crippen LogP contribution in [-0.4, -0.2) is 21.1 Å². The molecular formula is C12H12N2OS3. The lowest BCUT2D eigenvalue weighted by molar-refractivity contribution is 0.305. The third-order valence-corrected chi connectivity index (χ3v) is 5.06. The van der Waals surface area contributed by atoms with Gasteiger partial charge in [-0.25, -0.2) is 4.98 Å². The predicted octanol–water partition coefficient (Wildman–Crippen LogP) is 2.93. The second kappa shape index (κ2) is 6.90. The molecule has 0 bridgehead atoms. The molecule has 0 aliphatic heterocycles. The number of thiophene rings is 1. The number of rotatable bonds is 4. The number of thioether (sulfide) groups is 1. The van der Waals surface area contributed by atoms with E-state index >= 15 is 0 Å². The zero-order valence-corrected chi connectivity index (χ0v) is 12.3. The zero-order valence-electron chi connectivity index (χ0n) is 9.84. The Hall–Kier alpha value is -0.870. The molecular weight excluding hydrogens is 284 g/mol. The van der Waals surface area contributed by atoms with E-state index in [1.54, 1.807) is 23.1 Å². The first-order chi connectivity index (χ1) is 8.78. The number of aliphatic hydroxyl groups excluding tert-OH is 1. The van der Waals surface area contributed by atoms with Crippen LogP contribution >= 0.6 is 34.6 Å². The van der Waals surface area contributed by atoms with Gasteiger partial charge in [-0.2, -0.15) is 4.37 Å². The van der Waals surface area contributed by atoms with E-state index in [4.69, 9.17) is 5.11 Å². The quantitative estimate of drug-likeness (QED) is 0.696. The molecule has 0 fully saturated rings. The molecule has 94 valence electrons. The van der Waals surface area contributed by atoms with E-state index in [1.165, 1.54) is 16.4 Å². The van der Waals surface area contributed by atoms with Gasteiger partial charge < -0.3 is 5.11 Å². The fourth-order valence-corrected chi connectivity index (χ4v) is 3.73. The van der Waals surface area contributed by atoms with Crippen molar-refractivity contribution in [1.82, 2.24) is 9.36 Å². The van der Waals surface area contributed by atoms with Crippen molar-refractivity contribution in [1.29, 1.82) is 0 Å².